The van der Waals surface area contributed by atoms with Gasteiger partial charge in [0.1, 0.15) is 5.52 Å². The minimum atomic E-state index is -0.209. The summed E-state index contributed by atoms with van der Waals surface area (Å²) in [6.07, 6.45) is 0. The number of amides is 1. The number of halogens is 1. The number of nitrogens with one attached hydrogen (secondary N) is 1. The number of aryl methyl sites for hydroxylation is 2. The standard InChI is InChI=1S/C19H16BrN5OS/c1-3-25-16-9-6-13(10-15(16)23-24-25)18(26)22-19-21-17(11(2)27-19)12-4-7-14(20)8-5-12/h4-10H,3H2,1-2H3,(H,21,22,26). The normalized spacial score (nSPS) is 11.1. The Morgan fingerprint density at radius 1 is 1.22 bits per heavy atom. The van der Waals surface area contributed by atoms with E-state index in [9.17, 15) is 4.79 Å². The van der Waals surface area contributed by atoms with Crippen molar-refractivity contribution >= 4 is 49.3 Å². The predicted octanol–water partition coefficient (Wildman–Crippen LogP) is 4.90. The highest BCUT2D eigenvalue weighted by Crippen LogP contribution is 2.31. The lowest BCUT2D eigenvalue weighted by atomic mass is 10.1. The number of nitrogens with zero attached hydrogens (tertiary/aromatic N) is 4. The van der Waals surface area contributed by atoms with Crippen molar-refractivity contribution in [2.75, 3.05) is 5.32 Å². The van der Waals surface area contributed by atoms with E-state index in [1.54, 1.807) is 16.8 Å². The van der Waals surface area contributed by atoms with Crippen LogP contribution in [0.2, 0.25) is 0 Å². The van der Waals surface area contributed by atoms with Crippen LogP contribution in [0.25, 0.3) is 22.3 Å². The minimum Gasteiger partial charge on any atom is -0.298 e. The van der Waals surface area contributed by atoms with Crippen molar-refractivity contribution in [3.05, 3.63) is 57.4 Å². The second-order valence-electron chi connectivity index (χ2n) is 5.99. The van der Waals surface area contributed by atoms with E-state index in [0.29, 0.717) is 16.2 Å². The predicted molar refractivity (Wildman–Crippen MR) is 111 cm³/mol. The molecule has 0 atom stereocenters. The lowest BCUT2D eigenvalue weighted by Crippen LogP contribution is -2.11. The van der Waals surface area contributed by atoms with E-state index in [2.05, 4.69) is 36.5 Å². The average Bonchev–Trinajstić information content (AvgIpc) is 3.24. The van der Waals surface area contributed by atoms with E-state index in [0.717, 1.165) is 32.7 Å². The Labute approximate surface area is 168 Å². The molecule has 2 aromatic carbocycles. The van der Waals surface area contributed by atoms with Crippen molar-refractivity contribution in [1.29, 1.82) is 0 Å². The Morgan fingerprint density at radius 3 is 2.74 bits per heavy atom. The first-order valence-corrected chi connectivity index (χ1v) is 10.0. The average molecular weight is 442 g/mol. The zero-order chi connectivity index (χ0) is 19.0. The maximum Gasteiger partial charge on any atom is 0.257 e. The number of thiazole rings is 1. The number of hydrogen-bond acceptors (Lipinski definition) is 5. The third-order valence-electron chi connectivity index (χ3n) is 4.21. The number of fused-ring (bicyclic) bond motifs is 1. The van der Waals surface area contributed by atoms with Gasteiger partial charge in [0.25, 0.3) is 5.91 Å². The molecule has 2 aromatic heterocycles. The van der Waals surface area contributed by atoms with Crippen molar-refractivity contribution in [2.24, 2.45) is 0 Å². The summed E-state index contributed by atoms with van der Waals surface area (Å²) in [6, 6.07) is 13.4. The summed E-state index contributed by atoms with van der Waals surface area (Å²) < 4.78 is 2.81. The Kier molecular flexibility index (Phi) is 4.75. The molecule has 0 aliphatic heterocycles. The summed E-state index contributed by atoms with van der Waals surface area (Å²) in [5, 5.41) is 11.7. The molecule has 1 N–H and O–H groups in total. The van der Waals surface area contributed by atoms with Crippen LogP contribution in [0.4, 0.5) is 5.13 Å². The molecule has 0 fully saturated rings. The van der Waals surface area contributed by atoms with Crippen molar-refractivity contribution in [1.82, 2.24) is 20.0 Å². The number of anilines is 1. The minimum absolute atomic E-state index is 0.209. The highest BCUT2D eigenvalue weighted by Gasteiger charge is 2.14. The van der Waals surface area contributed by atoms with Crippen LogP contribution in [0.3, 0.4) is 0 Å². The molecule has 27 heavy (non-hydrogen) atoms. The summed E-state index contributed by atoms with van der Waals surface area (Å²) >= 11 is 4.90. The molecule has 0 saturated carbocycles. The molecule has 0 spiro atoms. The first kappa shape index (κ1) is 17.8. The van der Waals surface area contributed by atoms with Gasteiger partial charge in [-0.1, -0.05) is 33.3 Å². The highest BCUT2D eigenvalue weighted by atomic mass is 79.9. The Hall–Kier alpha value is -2.58. The molecule has 0 bridgehead atoms. The lowest BCUT2D eigenvalue weighted by Gasteiger charge is -2.02. The molecular weight excluding hydrogens is 426 g/mol. The van der Waals surface area contributed by atoms with Crippen LogP contribution >= 0.6 is 27.3 Å². The zero-order valence-corrected chi connectivity index (χ0v) is 17.1. The second kappa shape index (κ2) is 7.21. The third-order valence-corrected chi connectivity index (χ3v) is 5.63. The molecule has 0 aliphatic carbocycles. The topological polar surface area (TPSA) is 72.7 Å². The molecule has 136 valence electrons. The van der Waals surface area contributed by atoms with Gasteiger partial charge in [-0.05, 0) is 44.2 Å². The molecule has 4 rings (SSSR count). The lowest BCUT2D eigenvalue weighted by molar-refractivity contribution is 0.102. The number of hydrogen-bond donors (Lipinski definition) is 1. The van der Waals surface area contributed by atoms with Gasteiger partial charge in [0.2, 0.25) is 0 Å². The van der Waals surface area contributed by atoms with Gasteiger partial charge in [0.15, 0.2) is 5.13 Å². The molecule has 4 aromatic rings. The number of carbonyl (C=O) groups excluding carboxylic acids is 1. The van der Waals surface area contributed by atoms with E-state index < -0.39 is 0 Å². The van der Waals surface area contributed by atoms with Crippen molar-refractivity contribution < 1.29 is 4.79 Å². The molecule has 6 nitrogen and oxygen atoms in total. The summed E-state index contributed by atoms with van der Waals surface area (Å²) in [6.45, 7) is 4.74. The van der Waals surface area contributed by atoms with Crippen LogP contribution in [0.1, 0.15) is 22.2 Å². The maximum absolute atomic E-state index is 12.6. The van der Waals surface area contributed by atoms with Gasteiger partial charge in [-0.2, -0.15) is 0 Å². The monoisotopic (exact) mass is 441 g/mol. The van der Waals surface area contributed by atoms with E-state index in [1.165, 1.54) is 11.3 Å². The fourth-order valence-corrected chi connectivity index (χ4v) is 3.94. The third kappa shape index (κ3) is 3.50. The summed E-state index contributed by atoms with van der Waals surface area (Å²) in [5.41, 5.74) is 4.05. The number of carbonyl (C=O) groups is 1. The maximum atomic E-state index is 12.6. The molecule has 1 amide bonds. The van der Waals surface area contributed by atoms with E-state index in [-0.39, 0.29) is 5.91 Å². The van der Waals surface area contributed by atoms with Crippen LogP contribution in [0, 0.1) is 6.92 Å². The summed E-state index contributed by atoms with van der Waals surface area (Å²) in [5.74, 6) is -0.209. The Balaban J connectivity index is 1.58. The Bertz CT molecular complexity index is 1130. The molecule has 2 heterocycles. The van der Waals surface area contributed by atoms with Crippen LogP contribution in [-0.4, -0.2) is 25.9 Å². The fraction of sp³-hybridized carbons (Fsp3) is 0.158. The zero-order valence-electron chi connectivity index (χ0n) is 14.7. The van der Waals surface area contributed by atoms with Crippen molar-refractivity contribution in [2.45, 2.75) is 20.4 Å². The van der Waals surface area contributed by atoms with Gasteiger partial charge in [0.05, 0.1) is 11.2 Å². The molecular formula is C19H16BrN5OS. The summed E-state index contributed by atoms with van der Waals surface area (Å²) in [7, 11) is 0. The highest BCUT2D eigenvalue weighted by molar-refractivity contribution is 9.10. The van der Waals surface area contributed by atoms with Gasteiger partial charge in [0, 0.05) is 27.0 Å². The first-order valence-electron chi connectivity index (χ1n) is 8.43. The van der Waals surface area contributed by atoms with E-state index in [1.807, 2.05) is 44.2 Å². The van der Waals surface area contributed by atoms with Gasteiger partial charge < -0.3 is 0 Å². The number of benzene rings is 2. The van der Waals surface area contributed by atoms with Crippen LogP contribution < -0.4 is 5.32 Å². The Morgan fingerprint density at radius 2 is 2.00 bits per heavy atom. The number of aromatic nitrogens is 4. The number of rotatable bonds is 4. The SMILES string of the molecule is CCn1nnc2cc(C(=O)Nc3nc(-c4ccc(Br)cc4)c(C)s3)ccc21. The van der Waals surface area contributed by atoms with Crippen molar-refractivity contribution in [3.8, 4) is 11.3 Å². The van der Waals surface area contributed by atoms with Gasteiger partial charge in [-0.15, -0.1) is 16.4 Å². The smallest absolute Gasteiger partial charge is 0.257 e. The molecule has 0 radical (unpaired) electrons. The molecule has 0 unspecified atom stereocenters. The quantitative estimate of drug-likeness (QED) is 0.488. The van der Waals surface area contributed by atoms with Crippen LogP contribution in [0.5, 0.6) is 0 Å². The fourth-order valence-electron chi connectivity index (χ4n) is 2.84. The van der Waals surface area contributed by atoms with Gasteiger partial charge in [-0.25, -0.2) is 9.67 Å². The first-order chi connectivity index (χ1) is 13.0. The van der Waals surface area contributed by atoms with E-state index in [4.69, 9.17) is 0 Å². The largest absolute Gasteiger partial charge is 0.298 e. The molecule has 0 aliphatic rings. The van der Waals surface area contributed by atoms with Crippen LogP contribution in [0.15, 0.2) is 46.9 Å². The van der Waals surface area contributed by atoms with Crippen molar-refractivity contribution in [3.63, 3.8) is 0 Å². The molecule has 8 heteroatoms. The molecule has 0 saturated heterocycles. The van der Waals surface area contributed by atoms with Gasteiger partial charge in [-0.3, -0.25) is 10.1 Å². The van der Waals surface area contributed by atoms with Gasteiger partial charge >= 0.3 is 0 Å². The second-order valence-corrected chi connectivity index (χ2v) is 8.11. The summed E-state index contributed by atoms with van der Waals surface area (Å²) in [4.78, 5) is 18.3. The van der Waals surface area contributed by atoms with E-state index >= 15 is 0 Å². The van der Waals surface area contributed by atoms with Crippen LogP contribution in [-0.2, 0) is 6.54 Å².